The molecule has 32 heavy (non-hydrogen) atoms. The number of carbonyl (C=O) groups is 1. The van der Waals surface area contributed by atoms with Gasteiger partial charge < -0.3 is 14.5 Å². The van der Waals surface area contributed by atoms with E-state index in [0.29, 0.717) is 5.91 Å². The second-order valence-corrected chi connectivity index (χ2v) is 9.74. The van der Waals surface area contributed by atoms with Crippen LogP contribution in [0.1, 0.15) is 44.1 Å². The average Bonchev–Trinajstić information content (AvgIpc) is 3.60. The highest BCUT2D eigenvalue weighted by Crippen LogP contribution is 2.49. The van der Waals surface area contributed by atoms with Crippen LogP contribution in [-0.4, -0.2) is 58.2 Å². The lowest BCUT2D eigenvalue weighted by molar-refractivity contribution is -0.139. The van der Waals surface area contributed by atoms with Crippen molar-refractivity contribution in [2.45, 2.75) is 50.7 Å². The maximum atomic E-state index is 13.0. The number of amides is 1. The summed E-state index contributed by atoms with van der Waals surface area (Å²) in [5.41, 5.74) is 3.17. The van der Waals surface area contributed by atoms with Crippen molar-refractivity contribution >= 4 is 5.91 Å². The summed E-state index contributed by atoms with van der Waals surface area (Å²) in [5.74, 6) is 1.39. The summed E-state index contributed by atoms with van der Waals surface area (Å²) in [6, 6.07) is 8.37. The van der Waals surface area contributed by atoms with Gasteiger partial charge in [0.25, 0.3) is 0 Å². The summed E-state index contributed by atoms with van der Waals surface area (Å²) in [5, 5.41) is 4.85. The van der Waals surface area contributed by atoms with Crippen molar-refractivity contribution in [2.24, 2.45) is 5.92 Å². The van der Waals surface area contributed by atoms with Crippen LogP contribution >= 0.6 is 0 Å². The van der Waals surface area contributed by atoms with Crippen LogP contribution in [-0.2, 0) is 16.9 Å². The first-order chi connectivity index (χ1) is 15.7. The Balaban J connectivity index is 1.26. The molecule has 0 atom stereocenters. The van der Waals surface area contributed by atoms with Crippen LogP contribution in [0.4, 0.5) is 0 Å². The molecule has 1 spiro atoms. The summed E-state index contributed by atoms with van der Waals surface area (Å²) in [7, 11) is 0. The van der Waals surface area contributed by atoms with Crippen LogP contribution in [0.15, 0.2) is 42.6 Å². The number of aromatic nitrogens is 2. The SMILES string of the molecule is O=C(C1CC=CC1)N1CCC2(CC1)Oc1ccccc1-c1c2cnn1CCN1CCCC1. The molecule has 0 saturated carbocycles. The predicted octanol–water partition coefficient (Wildman–Crippen LogP) is 3.82. The molecular formula is C26H32N4O2. The van der Waals surface area contributed by atoms with E-state index in [1.54, 1.807) is 0 Å². The summed E-state index contributed by atoms with van der Waals surface area (Å²) >= 11 is 0. The maximum absolute atomic E-state index is 13.0. The molecule has 1 aromatic carbocycles. The fourth-order valence-corrected chi connectivity index (χ4v) is 5.97. The van der Waals surface area contributed by atoms with Crippen molar-refractivity contribution in [3.8, 4) is 17.0 Å². The maximum Gasteiger partial charge on any atom is 0.226 e. The van der Waals surface area contributed by atoms with Gasteiger partial charge in [-0.25, -0.2) is 0 Å². The molecule has 4 aliphatic rings. The van der Waals surface area contributed by atoms with Gasteiger partial charge in [0.2, 0.25) is 5.91 Å². The number of piperidine rings is 1. The molecule has 6 nitrogen and oxygen atoms in total. The third-order valence-corrected chi connectivity index (χ3v) is 7.84. The molecule has 0 N–H and O–H groups in total. The normalized spacial score (nSPS) is 22.2. The van der Waals surface area contributed by atoms with Crippen molar-refractivity contribution in [3.05, 3.63) is 48.2 Å². The summed E-state index contributed by atoms with van der Waals surface area (Å²) in [4.78, 5) is 17.6. The Kier molecular flexibility index (Phi) is 5.05. The number of fused-ring (bicyclic) bond motifs is 4. The van der Waals surface area contributed by atoms with Crippen LogP contribution < -0.4 is 4.74 Å². The minimum atomic E-state index is -0.389. The second kappa shape index (κ2) is 8.07. The first-order valence-electron chi connectivity index (χ1n) is 12.2. The number of rotatable bonds is 4. The van der Waals surface area contributed by atoms with Gasteiger partial charge in [-0.15, -0.1) is 0 Å². The molecule has 1 amide bonds. The number of para-hydroxylation sites is 1. The molecule has 2 aromatic rings. The third kappa shape index (κ3) is 3.36. The molecule has 0 bridgehead atoms. The van der Waals surface area contributed by atoms with Crippen LogP contribution in [0.3, 0.4) is 0 Å². The minimum Gasteiger partial charge on any atom is -0.482 e. The number of likely N-dealkylation sites (tertiary alicyclic amines) is 2. The topological polar surface area (TPSA) is 50.6 Å². The summed E-state index contributed by atoms with van der Waals surface area (Å²) in [6.45, 7) is 5.84. The largest absolute Gasteiger partial charge is 0.482 e. The zero-order chi connectivity index (χ0) is 21.5. The molecule has 4 heterocycles. The van der Waals surface area contributed by atoms with E-state index < -0.39 is 0 Å². The van der Waals surface area contributed by atoms with Crippen molar-refractivity contribution in [2.75, 3.05) is 32.7 Å². The van der Waals surface area contributed by atoms with E-state index >= 15 is 0 Å². The van der Waals surface area contributed by atoms with E-state index in [4.69, 9.17) is 9.84 Å². The van der Waals surface area contributed by atoms with Gasteiger partial charge in [0.1, 0.15) is 11.4 Å². The Morgan fingerprint density at radius 3 is 2.56 bits per heavy atom. The molecule has 2 saturated heterocycles. The van der Waals surface area contributed by atoms with Gasteiger partial charge in [0, 0.05) is 49.5 Å². The zero-order valence-electron chi connectivity index (χ0n) is 18.7. The number of hydrogen-bond acceptors (Lipinski definition) is 4. The summed E-state index contributed by atoms with van der Waals surface area (Å²) in [6.07, 6.45) is 12.3. The Morgan fingerprint density at radius 1 is 1.03 bits per heavy atom. The van der Waals surface area contributed by atoms with Gasteiger partial charge in [-0.05, 0) is 50.9 Å². The van der Waals surface area contributed by atoms with Gasteiger partial charge in [-0.2, -0.15) is 5.10 Å². The Bertz CT molecular complexity index is 1020. The molecule has 1 aliphatic carbocycles. The quantitative estimate of drug-likeness (QED) is 0.689. The Labute approximate surface area is 189 Å². The molecule has 3 aliphatic heterocycles. The lowest BCUT2D eigenvalue weighted by Crippen LogP contribution is -2.50. The predicted molar refractivity (Wildman–Crippen MR) is 123 cm³/mol. The van der Waals surface area contributed by atoms with E-state index in [1.807, 2.05) is 12.3 Å². The van der Waals surface area contributed by atoms with Gasteiger partial charge in [0.15, 0.2) is 0 Å². The lowest BCUT2D eigenvalue weighted by Gasteiger charge is -2.44. The van der Waals surface area contributed by atoms with Crippen LogP contribution in [0, 0.1) is 5.92 Å². The van der Waals surface area contributed by atoms with Crippen LogP contribution in [0.5, 0.6) is 5.75 Å². The first-order valence-corrected chi connectivity index (χ1v) is 12.2. The third-order valence-electron chi connectivity index (χ3n) is 7.84. The smallest absolute Gasteiger partial charge is 0.226 e. The number of hydrogen-bond donors (Lipinski definition) is 0. The van der Waals surface area contributed by atoms with E-state index in [-0.39, 0.29) is 11.5 Å². The number of allylic oxidation sites excluding steroid dienone is 2. The highest BCUT2D eigenvalue weighted by atomic mass is 16.5. The van der Waals surface area contributed by atoms with Gasteiger partial charge >= 0.3 is 0 Å². The second-order valence-electron chi connectivity index (χ2n) is 9.74. The van der Waals surface area contributed by atoms with Crippen molar-refractivity contribution < 1.29 is 9.53 Å². The molecule has 0 radical (unpaired) electrons. The highest BCUT2D eigenvalue weighted by Gasteiger charge is 2.46. The van der Waals surface area contributed by atoms with Crippen molar-refractivity contribution in [1.82, 2.24) is 19.6 Å². The first kappa shape index (κ1) is 20.0. The lowest BCUT2D eigenvalue weighted by atomic mass is 9.80. The van der Waals surface area contributed by atoms with E-state index in [0.717, 1.165) is 63.2 Å². The highest BCUT2D eigenvalue weighted by molar-refractivity contribution is 5.80. The molecule has 6 heteroatoms. The molecule has 6 rings (SSSR count). The van der Waals surface area contributed by atoms with Gasteiger partial charge in [-0.1, -0.05) is 24.3 Å². The number of nitrogens with zero attached hydrogens (tertiary/aromatic N) is 4. The van der Waals surface area contributed by atoms with Crippen LogP contribution in [0.2, 0.25) is 0 Å². The fraction of sp³-hybridized carbons (Fsp3) is 0.538. The number of ether oxygens (including phenoxy) is 1. The van der Waals surface area contributed by atoms with E-state index in [1.165, 1.54) is 37.2 Å². The Hall–Kier alpha value is -2.60. The van der Waals surface area contributed by atoms with E-state index in [9.17, 15) is 4.79 Å². The average molecular weight is 433 g/mol. The molecule has 168 valence electrons. The fourth-order valence-electron chi connectivity index (χ4n) is 5.97. The van der Waals surface area contributed by atoms with Crippen molar-refractivity contribution in [1.29, 1.82) is 0 Å². The minimum absolute atomic E-state index is 0.140. The monoisotopic (exact) mass is 432 g/mol. The van der Waals surface area contributed by atoms with Crippen LogP contribution in [0.25, 0.3) is 11.3 Å². The Morgan fingerprint density at radius 2 is 1.78 bits per heavy atom. The van der Waals surface area contributed by atoms with Crippen molar-refractivity contribution in [3.63, 3.8) is 0 Å². The van der Waals surface area contributed by atoms with Gasteiger partial charge in [-0.3, -0.25) is 9.48 Å². The molecule has 1 aromatic heterocycles. The van der Waals surface area contributed by atoms with Gasteiger partial charge in [0.05, 0.1) is 18.4 Å². The number of benzene rings is 1. The zero-order valence-corrected chi connectivity index (χ0v) is 18.7. The molecule has 2 fully saturated rings. The number of carbonyl (C=O) groups excluding carboxylic acids is 1. The molecular weight excluding hydrogens is 400 g/mol. The standard InChI is InChI=1S/C26H32N4O2/c31-25(20-7-1-2-8-20)29-15-11-26(12-16-29)22-19-27-30(18-17-28-13-5-6-14-28)24(22)21-9-3-4-10-23(21)32-26/h1-4,9-10,19-20H,5-8,11-18H2. The van der Waals surface area contributed by atoms with E-state index in [2.05, 4.69) is 44.8 Å². The molecule has 0 unspecified atom stereocenters. The summed E-state index contributed by atoms with van der Waals surface area (Å²) < 4.78 is 8.91.